The van der Waals surface area contributed by atoms with Crippen molar-refractivity contribution >= 4 is 10.0 Å². The Morgan fingerprint density at radius 3 is 2.43 bits per heavy atom. The predicted octanol–water partition coefficient (Wildman–Crippen LogP) is 1.97. The molecule has 0 bridgehead atoms. The zero-order chi connectivity index (χ0) is 10.6. The molecule has 0 amide bonds. The summed E-state index contributed by atoms with van der Waals surface area (Å²) in [6.07, 6.45) is 0. The van der Waals surface area contributed by atoms with E-state index in [2.05, 4.69) is 9.43 Å². The average Bonchev–Trinajstić information content (AvgIpc) is 2.08. The van der Waals surface area contributed by atoms with Crippen LogP contribution in [0.2, 0.25) is 0 Å². The first-order chi connectivity index (χ1) is 6.53. The normalized spacial score (nSPS) is 10.6. The number of sulfonamides is 1. The fourth-order valence-corrected chi connectivity index (χ4v) is 1.66. The largest absolute Gasteiger partial charge is 0.239 e. The maximum atomic E-state index is 12.4. The maximum absolute atomic E-state index is 12.4. The first-order valence-electron chi connectivity index (χ1n) is 3.57. The first-order valence-corrected chi connectivity index (χ1v) is 5.18. The Kier molecular flexibility index (Phi) is 3.06. The number of benzene rings is 1. The summed E-state index contributed by atoms with van der Waals surface area (Å²) in [7, 11) is -3.81. The molecule has 1 aromatic carbocycles. The molecule has 1 aromatic rings. The van der Waals surface area contributed by atoms with Crippen LogP contribution in [0.25, 0.3) is 10.4 Å². The summed E-state index contributed by atoms with van der Waals surface area (Å²) in [5, 5.41) is 0. The highest BCUT2D eigenvalue weighted by molar-refractivity contribution is 7.89. The molecule has 74 valence electrons. The molecule has 0 heterocycles. The van der Waals surface area contributed by atoms with Crippen molar-refractivity contribution in [3.05, 3.63) is 46.1 Å². The van der Waals surface area contributed by atoms with Crippen LogP contribution in [0, 0.1) is 5.82 Å². The Balaban J connectivity index is 2.90. The van der Waals surface area contributed by atoms with Gasteiger partial charge in [-0.2, -0.15) is 0 Å². The maximum Gasteiger partial charge on any atom is 0.239 e. The summed E-state index contributed by atoms with van der Waals surface area (Å²) in [6.45, 7) is 0. The molecule has 0 saturated carbocycles. The molecule has 0 aromatic heterocycles. The molecule has 0 atom stereocenters. The average molecular weight is 215 g/mol. The summed E-state index contributed by atoms with van der Waals surface area (Å²) in [5.41, 5.74) is 8.32. The summed E-state index contributed by atoms with van der Waals surface area (Å²) >= 11 is 0. The van der Waals surface area contributed by atoms with Crippen molar-refractivity contribution in [2.75, 3.05) is 0 Å². The smallest absolute Gasteiger partial charge is 0.221 e. The van der Waals surface area contributed by atoms with Gasteiger partial charge in [0.15, 0.2) is 0 Å². The molecule has 0 saturated heterocycles. The highest BCUT2D eigenvalue weighted by Crippen LogP contribution is 2.08. The number of nitrogens with zero attached hydrogens (tertiary/aromatic N) is 3. The van der Waals surface area contributed by atoms with Crippen LogP contribution in [0.15, 0.2) is 28.8 Å². The van der Waals surface area contributed by atoms with Gasteiger partial charge in [0.25, 0.3) is 0 Å². The molecule has 0 fully saturated rings. The van der Waals surface area contributed by atoms with Crippen LogP contribution in [-0.2, 0) is 15.8 Å². The van der Waals surface area contributed by atoms with Gasteiger partial charge in [0, 0.05) is 9.43 Å². The molecule has 14 heavy (non-hydrogen) atoms. The van der Waals surface area contributed by atoms with Gasteiger partial charge >= 0.3 is 0 Å². The molecule has 0 aliphatic carbocycles. The highest BCUT2D eigenvalue weighted by Gasteiger charge is 2.08. The first kappa shape index (κ1) is 10.5. The third-order valence-corrected chi connectivity index (χ3v) is 2.44. The zero-order valence-corrected chi connectivity index (χ0v) is 7.78. The van der Waals surface area contributed by atoms with Crippen molar-refractivity contribution in [3.8, 4) is 0 Å². The third kappa shape index (κ3) is 3.04. The van der Waals surface area contributed by atoms with Crippen molar-refractivity contribution in [2.45, 2.75) is 5.75 Å². The SMILES string of the molecule is [N-]=[N+]=NS(=O)(=O)Cc1ccc(F)cc1. The molecule has 0 aliphatic heterocycles. The molecule has 7 heteroatoms. The zero-order valence-electron chi connectivity index (χ0n) is 6.96. The van der Waals surface area contributed by atoms with Gasteiger partial charge in [-0.05, 0) is 23.2 Å². The van der Waals surface area contributed by atoms with Crippen LogP contribution in [0.3, 0.4) is 0 Å². The lowest BCUT2D eigenvalue weighted by Gasteiger charge is -1.97. The van der Waals surface area contributed by atoms with Gasteiger partial charge in [-0.3, -0.25) is 0 Å². The fourth-order valence-electron chi connectivity index (χ4n) is 0.876. The molecule has 0 spiro atoms. The Morgan fingerprint density at radius 2 is 1.93 bits per heavy atom. The van der Waals surface area contributed by atoms with E-state index >= 15 is 0 Å². The molecule has 0 unspecified atom stereocenters. The Morgan fingerprint density at radius 1 is 1.36 bits per heavy atom. The van der Waals surface area contributed by atoms with E-state index in [0.29, 0.717) is 5.56 Å². The molecule has 0 N–H and O–H groups in total. The quantitative estimate of drug-likeness (QED) is 0.438. The summed E-state index contributed by atoms with van der Waals surface area (Å²) in [5.74, 6) is -0.868. The van der Waals surface area contributed by atoms with E-state index in [9.17, 15) is 12.8 Å². The van der Waals surface area contributed by atoms with E-state index in [1.165, 1.54) is 12.1 Å². The Labute approximate surface area is 79.9 Å². The van der Waals surface area contributed by atoms with Gasteiger partial charge < -0.3 is 0 Å². The minimum atomic E-state index is -3.81. The highest BCUT2D eigenvalue weighted by atomic mass is 32.2. The van der Waals surface area contributed by atoms with E-state index in [1.807, 2.05) is 0 Å². The predicted molar refractivity (Wildman–Crippen MR) is 48.2 cm³/mol. The van der Waals surface area contributed by atoms with Crippen LogP contribution in [0.4, 0.5) is 4.39 Å². The van der Waals surface area contributed by atoms with Gasteiger partial charge in [-0.1, -0.05) is 12.1 Å². The van der Waals surface area contributed by atoms with Gasteiger partial charge in [0.1, 0.15) is 5.82 Å². The number of rotatable bonds is 3. The molecule has 0 aliphatic rings. The van der Waals surface area contributed by atoms with Gasteiger partial charge in [0.05, 0.1) is 5.75 Å². The molecular weight excluding hydrogens is 209 g/mol. The lowest BCUT2D eigenvalue weighted by molar-refractivity contribution is 0.596. The van der Waals surface area contributed by atoms with Crippen molar-refractivity contribution in [1.29, 1.82) is 0 Å². The summed E-state index contributed by atoms with van der Waals surface area (Å²) in [4.78, 5) is 2.18. The number of hydrogen-bond donors (Lipinski definition) is 0. The van der Waals surface area contributed by atoms with Crippen LogP contribution >= 0.6 is 0 Å². The van der Waals surface area contributed by atoms with Crippen molar-refractivity contribution in [3.63, 3.8) is 0 Å². The van der Waals surface area contributed by atoms with Gasteiger partial charge in [-0.25, -0.2) is 12.8 Å². The molecule has 1 rings (SSSR count). The number of hydrogen-bond acceptors (Lipinski definition) is 2. The minimum Gasteiger partial charge on any atom is -0.221 e. The lowest BCUT2D eigenvalue weighted by atomic mass is 10.2. The van der Waals surface area contributed by atoms with E-state index < -0.39 is 21.6 Å². The third-order valence-electron chi connectivity index (χ3n) is 1.42. The van der Waals surface area contributed by atoms with Crippen molar-refractivity contribution in [1.82, 2.24) is 0 Å². The summed E-state index contributed by atoms with van der Waals surface area (Å²) < 4.78 is 37.0. The minimum absolute atomic E-state index is 0.374. The fraction of sp³-hybridized carbons (Fsp3) is 0.143. The Hall–Kier alpha value is -1.59. The molecular formula is C7H6FN3O2S. The van der Waals surface area contributed by atoms with Gasteiger partial charge in [-0.15, -0.1) is 0 Å². The van der Waals surface area contributed by atoms with E-state index in [0.717, 1.165) is 12.1 Å². The van der Waals surface area contributed by atoms with Gasteiger partial charge in [0.2, 0.25) is 10.0 Å². The lowest BCUT2D eigenvalue weighted by Crippen LogP contribution is -1.98. The van der Waals surface area contributed by atoms with Crippen LogP contribution in [-0.4, -0.2) is 8.42 Å². The molecule has 0 radical (unpaired) electrons. The second-order valence-electron chi connectivity index (χ2n) is 2.52. The van der Waals surface area contributed by atoms with E-state index in [-0.39, 0.29) is 0 Å². The molecule has 5 nitrogen and oxygen atoms in total. The Bertz CT molecular complexity index is 462. The second kappa shape index (κ2) is 4.08. The van der Waals surface area contributed by atoms with Crippen molar-refractivity contribution < 1.29 is 12.8 Å². The van der Waals surface area contributed by atoms with Crippen LogP contribution in [0.5, 0.6) is 0 Å². The number of halogens is 1. The standard InChI is InChI=1S/C7H6FN3O2S/c8-7-3-1-6(2-4-7)5-14(12,13)11-10-9/h1-4H,5H2. The second-order valence-corrected chi connectivity index (χ2v) is 4.14. The number of azide groups is 1. The van der Waals surface area contributed by atoms with E-state index in [1.54, 1.807) is 0 Å². The van der Waals surface area contributed by atoms with E-state index in [4.69, 9.17) is 5.53 Å². The monoisotopic (exact) mass is 215 g/mol. The van der Waals surface area contributed by atoms with Crippen molar-refractivity contribution in [2.24, 2.45) is 4.52 Å². The van der Waals surface area contributed by atoms with Crippen LogP contribution in [0.1, 0.15) is 5.56 Å². The van der Waals surface area contributed by atoms with Crippen LogP contribution < -0.4 is 0 Å². The topological polar surface area (TPSA) is 82.9 Å². The summed E-state index contributed by atoms with van der Waals surface area (Å²) in [6, 6.07) is 4.92.